The number of ether oxygens (including phenoxy) is 1. The molecular formula is C26H25N3O2. The van der Waals surface area contributed by atoms with E-state index in [0.29, 0.717) is 6.54 Å². The Labute approximate surface area is 181 Å². The minimum atomic E-state index is 0.0515. The van der Waals surface area contributed by atoms with Crippen LogP contribution in [0.25, 0.3) is 27.9 Å². The summed E-state index contributed by atoms with van der Waals surface area (Å²) in [6.07, 6.45) is 5.61. The highest BCUT2D eigenvalue weighted by Gasteiger charge is 2.25. The first-order valence-electron chi connectivity index (χ1n) is 10.7. The van der Waals surface area contributed by atoms with E-state index in [1.165, 1.54) is 0 Å². The molecule has 5 heteroatoms. The smallest absolute Gasteiger partial charge is 0.246 e. The second-order valence-corrected chi connectivity index (χ2v) is 8.07. The van der Waals surface area contributed by atoms with Gasteiger partial charge in [0.1, 0.15) is 11.6 Å². The molecule has 1 aromatic heterocycles. The number of piperidine rings is 1. The summed E-state index contributed by atoms with van der Waals surface area (Å²) in [7, 11) is 1.67. The van der Waals surface area contributed by atoms with Crippen molar-refractivity contribution < 1.29 is 9.53 Å². The fourth-order valence-corrected chi connectivity index (χ4v) is 4.31. The molecule has 1 atom stereocenters. The number of para-hydroxylation sites is 2. The summed E-state index contributed by atoms with van der Waals surface area (Å²) >= 11 is 0. The molecule has 0 saturated carbocycles. The monoisotopic (exact) mass is 411 g/mol. The number of imidazole rings is 1. The van der Waals surface area contributed by atoms with Gasteiger partial charge in [0.15, 0.2) is 0 Å². The van der Waals surface area contributed by atoms with Gasteiger partial charge in [0.2, 0.25) is 5.91 Å². The van der Waals surface area contributed by atoms with Gasteiger partial charge in [-0.25, -0.2) is 4.98 Å². The predicted octanol–water partition coefficient (Wildman–Crippen LogP) is 5.14. The fraction of sp³-hybridized carbons (Fsp3) is 0.231. The van der Waals surface area contributed by atoms with Gasteiger partial charge >= 0.3 is 0 Å². The van der Waals surface area contributed by atoms with Crippen LogP contribution in [0.4, 0.5) is 0 Å². The van der Waals surface area contributed by atoms with Crippen molar-refractivity contribution in [2.45, 2.75) is 18.8 Å². The molecule has 1 N–H and O–H groups in total. The average molecular weight is 412 g/mol. The third-order valence-electron chi connectivity index (χ3n) is 6.02. The lowest BCUT2D eigenvalue weighted by Gasteiger charge is -2.31. The zero-order chi connectivity index (χ0) is 21.2. The topological polar surface area (TPSA) is 58.2 Å². The highest BCUT2D eigenvalue weighted by Crippen LogP contribution is 2.27. The number of carbonyl (C=O) groups excluding carboxylic acids is 1. The van der Waals surface area contributed by atoms with Gasteiger partial charge in [-0.2, -0.15) is 0 Å². The fourth-order valence-electron chi connectivity index (χ4n) is 4.31. The Bertz CT molecular complexity index is 1240. The SMILES string of the molecule is COc1ccc2cc(/C=C/C(=O)N3CCCC(c4nc5ccccc5[nH]4)C3)ccc2c1. The number of nitrogens with one attached hydrogen (secondary N) is 1. The number of methoxy groups -OCH3 is 1. The maximum atomic E-state index is 12.9. The second kappa shape index (κ2) is 8.26. The summed E-state index contributed by atoms with van der Waals surface area (Å²) in [6, 6.07) is 20.2. The molecule has 1 amide bonds. The van der Waals surface area contributed by atoms with Crippen LogP contribution in [0.15, 0.2) is 66.7 Å². The Balaban J connectivity index is 1.29. The van der Waals surface area contributed by atoms with Crippen LogP contribution in [0.1, 0.15) is 30.1 Å². The standard InChI is InChI=1S/C26H25N3O2/c1-31-22-12-11-19-15-18(8-10-20(19)16-22)9-13-25(30)29-14-4-5-21(17-29)26-27-23-6-2-3-7-24(23)28-26/h2-3,6-13,15-16,21H,4-5,14,17H2,1H3,(H,27,28)/b13-9+. The van der Waals surface area contributed by atoms with Crippen molar-refractivity contribution in [1.29, 1.82) is 0 Å². The number of hydrogen-bond donors (Lipinski definition) is 1. The summed E-state index contributed by atoms with van der Waals surface area (Å²) < 4.78 is 5.29. The maximum absolute atomic E-state index is 12.9. The zero-order valence-electron chi connectivity index (χ0n) is 17.5. The van der Waals surface area contributed by atoms with E-state index in [4.69, 9.17) is 9.72 Å². The Morgan fingerprint density at radius 3 is 2.84 bits per heavy atom. The predicted molar refractivity (Wildman–Crippen MR) is 124 cm³/mol. The molecule has 1 saturated heterocycles. The zero-order valence-corrected chi connectivity index (χ0v) is 17.5. The summed E-state index contributed by atoms with van der Waals surface area (Å²) in [6.45, 7) is 1.48. The number of benzene rings is 3. The summed E-state index contributed by atoms with van der Waals surface area (Å²) in [4.78, 5) is 23.0. The minimum Gasteiger partial charge on any atom is -0.497 e. The van der Waals surface area contributed by atoms with E-state index in [1.807, 2.05) is 59.5 Å². The van der Waals surface area contributed by atoms with Crippen molar-refractivity contribution in [1.82, 2.24) is 14.9 Å². The Morgan fingerprint density at radius 2 is 1.97 bits per heavy atom. The van der Waals surface area contributed by atoms with Gasteiger partial charge in [-0.3, -0.25) is 4.79 Å². The number of aromatic amines is 1. The maximum Gasteiger partial charge on any atom is 0.246 e. The third kappa shape index (κ3) is 4.04. The van der Waals surface area contributed by atoms with E-state index < -0.39 is 0 Å². The van der Waals surface area contributed by atoms with E-state index in [0.717, 1.165) is 58.3 Å². The number of hydrogen-bond acceptors (Lipinski definition) is 3. The summed E-state index contributed by atoms with van der Waals surface area (Å²) in [5.74, 6) is 2.12. The third-order valence-corrected chi connectivity index (χ3v) is 6.02. The van der Waals surface area contributed by atoms with Crippen LogP contribution in [0.5, 0.6) is 5.75 Å². The average Bonchev–Trinajstić information content (AvgIpc) is 3.26. The van der Waals surface area contributed by atoms with Gasteiger partial charge < -0.3 is 14.6 Å². The molecule has 0 spiro atoms. The van der Waals surface area contributed by atoms with Gasteiger partial charge in [-0.15, -0.1) is 0 Å². The van der Waals surface area contributed by atoms with Crippen molar-refractivity contribution in [3.05, 3.63) is 78.1 Å². The molecule has 0 radical (unpaired) electrons. The molecule has 31 heavy (non-hydrogen) atoms. The molecule has 5 rings (SSSR count). The van der Waals surface area contributed by atoms with Crippen LogP contribution in [0, 0.1) is 0 Å². The quantitative estimate of drug-likeness (QED) is 0.473. The molecule has 3 aromatic carbocycles. The number of likely N-dealkylation sites (tertiary alicyclic amines) is 1. The second-order valence-electron chi connectivity index (χ2n) is 8.07. The molecule has 5 nitrogen and oxygen atoms in total. The van der Waals surface area contributed by atoms with E-state index in [9.17, 15) is 4.79 Å². The van der Waals surface area contributed by atoms with Gasteiger partial charge in [0.05, 0.1) is 18.1 Å². The van der Waals surface area contributed by atoms with Crippen molar-refractivity contribution >= 4 is 33.8 Å². The lowest BCUT2D eigenvalue weighted by molar-refractivity contribution is -0.127. The Morgan fingerprint density at radius 1 is 1.13 bits per heavy atom. The van der Waals surface area contributed by atoms with Crippen molar-refractivity contribution in [2.24, 2.45) is 0 Å². The summed E-state index contributed by atoms with van der Waals surface area (Å²) in [5, 5.41) is 2.24. The number of H-pyrrole nitrogens is 1. The van der Waals surface area contributed by atoms with Crippen LogP contribution in [0.3, 0.4) is 0 Å². The molecule has 1 unspecified atom stereocenters. The largest absolute Gasteiger partial charge is 0.497 e. The molecule has 1 aliphatic rings. The molecule has 0 aliphatic carbocycles. The van der Waals surface area contributed by atoms with Crippen molar-refractivity contribution in [3.63, 3.8) is 0 Å². The Hall–Kier alpha value is -3.60. The van der Waals surface area contributed by atoms with E-state index in [-0.39, 0.29) is 11.8 Å². The lowest BCUT2D eigenvalue weighted by Crippen LogP contribution is -2.38. The molecule has 156 valence electrons. The highest BCUT2D eigenvalue weighted by molar-refractivity contribution is 5.93. The lowest BCUT2D eigenvalue weighted by atomic mass is 9.97. The minimum absolute atomic E-state index is 0.0515. The number of fused-ring (bicyclic) bond motifs is 2. The number of rotatable bonds is 4. The number of amides is 1. The molecule has 2 heterocycles. The molecule has 1 aliphatic heterocycles. The van der Waals surface area contributed by atoms with Crippen LogP contribution in [-0.4, -0.2) is 41.0 Å². The molecule has 4 aromatic rings. The molecular weight excluding hydrogens is 386 g/mol. The number of aromatic nitrogens is 2. The van der Waals surface area contributed by atoms with Crippen LogP contribution in [0.2, 0.25) is 0 Å². The number of carbonyl (C=O) groups is 1. The first-order valence-corrected chi connectivity index (χ1v) is 10.7. The van der Waals surface area contributed by atoms with Crippen molar-refractivity contribution in [2.75, 3.05) is 20.2 Å². The van der Waals surface area contributed by atoms with Crippen LogP contribution < -0.4 is 4.74 Å². The molecule has 1 fully saturated rings. The normalized spacial score (nSPS) is 16.9. The van der Waals surface area contributed by atoms with Crippen molar-refractivity contribution in [3.8, 4) is 5.75 Å². The Kier molecular flexibility index (Phi) is 5.16. The van der Waals surface area contributed by atoms with Crippen LogP contribution in [-0.2, 0) is 4.79 Å². The molecule has 0 bridgehead atoms. The highest BCUT2D eigenvalue weighted by atomic mass is 16.5. The summed E-state index contributed by atoms with van der Waals surface area (Å²) in [5.41, 5.74) is 3.04. The van der Waals surface area contributed by atoms with Gasteiger partial charge in [-0.05, 0) is 65.6 Å². The van der Waals surface area contributed by atoms with E-state index in [2.05, 4.69) is 17.1 Å². The van der Waals surface area contributed by atoms with Gasteiger partial charge in [-0.1, -0.05) is 30.3 Å². The number of nitrogens with zero attached hydrogens (tertiary/aromatic N) is 2. The van der Waals surface area contributed by atoms with E-state index in [1.54, 1.807) is 13.2 Å². The first kappa shape index (κ1) is 19.4. The van der Waals surface area contributed by atoms with Gasteiger partial charge in [0.25, 0.3) is 0 Å². The van der Waals surface area contributed by atoms with E-state index >= 15 is 0 Å². The van der Waals surface area contributed by atoms with Gasteiger partial charge in [0, 0.05) is 25.1 Å². The van der Waals surface area contributed by atoms with Crippen LogP contribution >= 0.6 is 0 Å². The first-order chi connectivity index (χ1) is 15.2.